The van der Waals surface area contributed by atoms with E-state index in [1.807, 2.05) is 0 Å². The summed E-state index contributed by atoms with van der Waals surface area (Å²) >= 11 is 0. The summed E-state index contributed by atoms with van der Waals surface area (Å²) in [5.74, 6) is -2.59. The molecule has 0 bridgehead atoms. The van der Waals surface area contributed by atoms with Crippen LogP contribution in [0.25, 0.3) is 0 Å². The molecule has 1 aromatic rings. The zero-order chi connectivity index (χ0) is 13.9. The Bertz CT molecular complexity index is 558. The number of carboxylic acid groups (broad SMARTS) is 2. The van der Waals surface area contributed by atoms with E-state index < -0.39 is 27.0 Å². The summed E-state index contributed by atoms with van der Waals surface area (Å²) in [5, 5.41) is 16.0. The maximum absolute atomic E-state index is 12.0. The maximum atomic E-state index is 12.0. The Morgan fingerprint density at radius 3 is 2.00 bits per heavy atom. The van der Waals surface area contributed by atoms with Crippen molar-refractivity contribution in [2.24, 2.45) is 0 Å². The van der Waals surface area contributed by atoms with E-state index in [-0.39, 0.29) is 16.9 Å². The Labute approximate surface area is 104 Å². The van der Waals surface area contributed by atoms with Gasteiger partial charge in [0.05, 0.1) is 10.5 Å². The zero-order valence-corrected chi connectivity index (χ0v) is 10.3. The molecule has 0 heterocycles. The number of carboxylic acids is 2. The molecule has 0 aliphatic carbocycles. The van der Waals surface area contributed by atoms with Gasteiger partial charge in [0, 0.05) is 0 Å². The van der Waals surface area contributed by atoms with E-state index in [0.717, 1.165) is 24.3 Å². The predicted molar refractivity (Wildman–Crippen MR) is 62.3 cm³/mol. The quantitative estimate of drug-likeness (QED) is 0.828. The molecular weight excluding hydrogens is 260 g/mol. The van der Waals surface area contributed by atoms with Gasteiger partial charge in [-0.2, -0.15) is 0 Å². The molecule has 0 amide bonds. The van der Waals surface area contributed by atoms with Gasteiger partial charge in [0.2, 0.25) is 0 Å². The van der Waals surface area contributed by atoms with E-state index in [4.69, 9.17) is 10.2 Å². The average Bonchev–Trinajstić information content (AvgIpc) is 2.29. The molecule has 6 nitrogen and oxygen atoms in total. The van der Waals surface area contributed by atoms with Crippen LogP contribution in [0.1, 0.15) is 23.7 Å². The van der Waals surface area contributed by atoms with Crippen LogP contribution in [0, 0.1) is 0 Å². The number of rotatable bonds is 5. The van der Waals surface area contributed by atoms with Crippen molar-refractivity contribution in [3.63, 3.8) is 0 Å². The average molecular weight is 272 g/mol. The second-order valence-electron chi connectivity index (χ2n) is 3.61. The van der Waals surface area contributed by atoms with E-state index in [0.29, 0.717) is 0 Å². The van der Waals surface area contributed by atoms with Gasteiger partial charge in [-0.15, -0.1) is 0 Å². The summed E-state index contributed by atoms with van der Waals surface area (Å²) < 4.78 is 23.9. The van der Waals surface area contributed by atoms with Crippen LogP contribution in [0.3, 0.4) is 0 Å². The first-order chi connectivity index (χ1) is 8.30. The summed E-state index contributed by atoms with van der Waals surface area (Å²) in [6, 6.07) is 4.46. The molecule has 1 unspecified atom stereocenters. The number of aromatic carboxylic acids is 1. The van der Waals surface area contributed by atoms with Gasteiger partial charge in [-0.25, -0.2) is 13.2 Å². The van der Waals surface area contributed by atoms with Crippen molar-refractivity contribution in [3.05, 3.63) is 29.8 Å². The lowest BCUT2D eigenvalue weighted by atomic mass is 10.2. The molecular formula is C11H12O6S. The van der Waals surface area contributed by atoms with Crippen molar-refractivity contribution < 1.29 is 28.2 Å². The molecule has 98 valence electrons. The van der Waals surface area contributed by atoms with Gasteiger partial charge in [-0.1, -0.05) is 6.92 Å². The molecule has 1 aromatic carbocycles. The van der Waals surface area contributed by atoms with Crippen molar-refractivity contribution in [2.75, 3.05) is 0 Å². The monoisotopic (exact) mass is 272 g/mol. The highest BCUT2D eigenvalue weighted by Gasteiger charge is 2.32. The minimum absolute atomic E-state index is 0.0572. The van der Waals surface area contributed by atoms with Crippen LogP contribution in [0.15, 0.2) is 29.2 Å². The smallest absolute Gasteiger partial charge is 0.335 e. The third-order valence-electron chi connectivity index (χ3n) is 2.45. The number of carbonyl (C=O) groups is 2. The zero-order valence-electron chi connectivity index (χ0n) is 9.53. The molecule has 0 saturated heterocycles. The third-order valence-corrected chi connectivity index (χ3v) is 4.66. The third kappa shape index (κ3) is 2.67. The van der Waals surface area contributed by atoms with Crippen LogP contribution in [0.4, 0.5) is 0 Å². The van der Waals surface area contributed by atoms with Crippen LogP contribution in [0.5, 0.6) is 0 Å². The highest BCUT2D eigenvalue weighted by molar-refractivity contribution is 7.92. The predicted octanol–water partition coefficient (Wildman–Crippen LogP) is 1.02. The molecule has 0 fully saturated rings. The van der Waals surface area contributed by atoms with E-state index in [2.05, 4.69) is 0 Å². The molecule has 0 spiro atoms. The Morgan fingerprint density at radius 1 is 1.17 bits per heavy atom. The first-order valence-electron chi connectivity index (χ1n) is 5.10. The van der Waals surface area contributed by atoms with Crippen molar-refractivity contribution in [3.8, 4) is 0 Å². The number of sulfone groups is 1. The van der Waals surface area contributed by atoms with Crippen LogP contribution >= 0.6 is 0 Å². The number of aliphatic carboxylic acids is 1. The Morgan fingerprint density at radius 2 is 1.67 bits per heavy atom. The van der Waals surface area contributed by atoms with Crippen molar-refractivity contribution >= 4 is 21.8 Å². The summed E-state index contributed by atoms with van der Waals surface area (Å²) in [6.07, 6.45) is -0.0572. The fourth-order valence-electron chi connectivity index (χ4n) is 1.48. The van der Waals surface area contributed by atoms with E-state index in [1.54, 1.807) is 0 Å². The highest BCUT2D eigenvalue weighted by Crippen LogP contribution is 2.19. The number of benzene rings is 1. The molecule has 1 rings (SSSR count). The summed E-state index contributed by atoms with van der Waals surface area (Å²) in [4.78, 5) is 21.3. The van der Waals surface area contributed by atoms with Crippen molar-refractivity contribution in [1.82, 2.24) is 0 Å². The fourth-order valence-corrected chi connectivity index (χ4v) is 3.03. The summed E-state index contributed by atoms with van der Waals surface area (Å²) in [5.41, 5.74) is -0.0580. The molecule has 0 saturated carbocycles. The lowest BCUT2D eigenvalue weighted by Crippen LogP contribution is -2.29. The van der Waals surface area contributed by atoms with E-state index in [1.165, 1.54) is 6.92 Å². The molecule has 0 aliphatic rings. The second kappa shape index (κ2) is 5.18. The van der Waals surface area contributed by atoms with Crippen molar-refractivity contribution in [2.45, 2.75) is 23.5 Å². The van der Waals surface area contributed by atoms with Gasteiger partial charge in [-0.3, -0.25) is 4.79 Å². The van der Waals surface area contributed by atoms with Crippen LogP contribution in [-0.4, -0.2) is 35.8 Å². The van der Waals surface area contributed by atoms with Gasteiger partial charge in [0.25, 0.3) is 0 Å². The van der Waals surface area contributed by atoms with Gasteiger partial charge >= 0.3 is 11.9 Å². The van der Waals surface area contributed by atoms with Crippen LogP contribution in [-0.2, 0) is 14.6 Å². The Kier molecular flexibility index (Phi) is 4.07. The Balaban J connectivity index is 3.20. The van der Waals surface area contributed by atoms with Crippen LogP contribution < -0.4 is 0 Å². The molecule has 18 heavy (non-hydrogen) atoms. The molecule has 0 aliphatic heterocycles. The fraction of sp³-hybridized carbons (Fsp3) is 0.273. The van der Waals surface area contributed by atoms with Gasteiger partial charge in [0.1, 0.15) is 0 Å². The maximum Gasteiger partial charge on any atom is 0.335 e. The van der Waals surface area contributed by atoms with E-state index in [9.17, 15) is 18.0 Å². The summed E-state index contributed by atoms with van der Waals surface area (Å²) in [6.45, 7) is 1.46. The topological polar surface area (TPSA) is 109 Å². The molecule has 0 aromatic heterocycles. The lowest BCUT2D eigenvalue weighted by molar-refractivity contribution is -0.136. The lowest BCUT2D eigenvalue weighted by Gasteiger charge is -2.11. The molecule has 1 atom stereocenters. The number of hydrogen-bond acceptors (Lipinski definition) is 4. The molecule has 0 radical (unpaired) electrons. The molecule has 2 N–H and O–H groups in total. The minimum Gasteiger partial charge on any atom is -0.480 e. The molecule has 7 heteroatoms. The van der Waals surface area contributed by atoms with Gasteiger partial charge < -0.3 is 10.2 Å². The largest absolute Gasteiger partial charge is 0.480 e. The first-order valence-corrected chi connectivity index (χ1v) is 6.65. The van der Waals surface area contributed by atoms with Gasteiger partial charge in [-0.05, 0) is 30.7 Å². The number of hydrogen-bond donors (Lipinski definition) is 2. The minimum atomic E-state index is -3.99. The SMILES string of the molecule is CCC(C(=O)O)S(=O)(=O)c1ccc(C(=O)O)cc1. The van der Waals surface area contributed by atoms with Crippen molar-refractivity contribution in [1.29, 1.82) is 0 Å². The van der Waals surface area contributed by atoms with Gasteiger partial charge in [0.15, 0.2) is 15.1 Å². The first kappa shape index (κ1) is 14.2. The van der Waals surface area contributed by atoms with Crippen LogP contribution in [0.2, 0.25) is 0 Å². The standard InChI is InChI=1S/C11H12O6S/c1-2-9(11(14)15)18(16,17)8-5-3-7(4-6-8)10(12)13/h3-6,9H,2H2,1H3,(H,12,13)(H,14,15). The summed E-state index contributed by atoms with van der Waals surface area (Å²) in [7, 11) is -3.99. The Hall–Kier alpha value is -1.89. The normalized spacial score (nSPS) is 12.9. The highest BCUT2D eigenvalue weighted by atomic mass is 32.2. The second-order valence-corrected chi connectivity index (χ2v) is 5.74. The van der Waals surface area contributed by atoms with E-state index >= 15 is 0 Å².